The average molecular weight is 939 g/mol. The molecule has 0 N–H and O–H groups in total. The van der Waals surface area contributed by atoms with Gasteiger partial charge in [0.15, 0.2) is 0 Å². The summed E-state index contributed by atoms with van der Waals surface area (Å²) in [5, 5.41) is 10.6. The van der Waals surface area contributed by atoms with Gasteiger partial charge >= 0.3 is 37.9 Å². The first kappa shape index (κ1) is 45.2. The van der Waals surface area contributed by atoms with E-state index < -0.39 is 20.8 Å². The van der Waals surface area contributed by atoms with Gasteiger partial charge in [0.2, 0.25) is 0 Å². The Labute approximate surface area is 389 Å². The molecule has 0 amide bonds. The van der Waals surface area contributed by atoms with E-state index in [9.17, 15) is 0 Å². The van der Waals surface area contributed by atoms with Crippen LogP contribution in [0.1, 0.15) is 37.8 Å². The van der Waals surface area contributed by atoms with E-state index in [0.29, 0.717) is 0 Å². The number of fused-ring (bicyclic) bond motifs is 4. The Morgan fingerprint density at radius 2 is 0.661 bits per heavy atom. The molecule has 10 aromatic carbocycles. The van der Waals surface area contributed by atoms with Crippen LogP contribution in [0.3, 0.4) is 0 Å². The van der Waals surface area contributed by atoms with Crippen molar-refractivity contribution in [3.8, 4) is 44.5 Å². The number of hydrogen-bond acceptors (Lipinski definition) is 0. The predicted octanol–water partition coefficient (Wildman–Crippen LogP) is 18.2. The van der Waals surface area contributed by atoms with Crippen molar-refractivity contribution in [3.63, 3.8) is 0 Å². The second-order valence-corrected chi connectivity index (χ2v) is 20.3. The first-order valence-corrected chi connectivity index (χ1v) is 29.9. The Morgan fingerprint density at radius 3 is 1.02 bits per heavy atom. The molecule has 0 aromatic heterocycles. The van der Waals surface area contributed by atoms with Crippen LogP contribution in [0.2, 0.25) is 13.1 Å². The molecule has 0 saturated heterocycles. The Morgan fingerprint density at radius 1 is 0.387 bits per heavy atom. The van der Waals surface area contributed by atoms with E-state index >= 15 is 0 Å². The number of rotatable bonds is 8. The van der Waals surface area contributed by atoms with Crippen LogP contribution in [0.4, 0.5) is 0 Å². The van der Waals surface area contributed by atoms with Gasteiger partial charge in [-0.25, -0.2) is 0 Å². The number of halogens is 2. The molecule has 0 aliphatic rings. The normalized spacial score (nSPS) is 10.7. The summed E-state index contributed by atoms with van der Waals surface area (Å²) in [5.41, 5.74) is 13.3. The molecule has 0 nitrogen and oxygen atoms in total. The zero-order chi connectivity index (χ0) is 43.3. The topological polar surface area (TPSA) is 0 Å². The summed E-state index contributed by atoms with van der Waals surface area (Å²) < 4.78 is 0. The van der Waals surface area contributed by atoms with Gasteiger partial charge in [0.1, 0.15) is 0 Å². The number of hydrogen-bond donors (Lipinski definition) is 0. The third-order valence-electron chi connectivity index (χ3n) is 11.3. The predicted molar refractivity (Wildman–Crippen MR) is 273 cm³/mol. The molecule has 0 unspecified atom stereocenters. The maximum atomic E-state index is 4.93. The van der Waals surface area contributed by atoms with E-state index in [1.165, 1.54) is 112 Å². The second kappa shape index (κ2) is 22.5. The van der Waals surface area contributed by atoms with E-state index in [-0.39, 0.29) is 0 Å². The zero-order valence-electron chi connectivity index (χ0n) is 36.1. The third kappa shape index (κ3) is 10.3. The third-order valence-corrected chi connectivity index (χ3v) is 11.3. The minimum atomic E-state index is -0.826. The van der Waals surface area contributed by atoms with Gasteiger partial charge < -0.3 is 0 Å². The van der Waals surface area contributed by atoms with E-state index in [2.05, 4.69) is 221 Å². The molecule has 0 aliphatic carbocycles. The molecular weight excluding hydrogens is 887 g/mol. The monoisotopic (exact) mass is 936 g/mol. The van der Waals surface area contributed by atoms with Crippen LogP contribution in [0.15, 0.2) is 194 Å². The summed E-state index contributed by atoms with van der Waals surface area (Å²) in [5.74, 6) is 0. The van der Waals surface area contributed by atoms with Crippen molar-refractivity contribution in [2.75, 3.05) is 0 Å². The summed E-state index contributed by atoms with van der Waals surface area (Å²) in [6.07, 6.45) is 4.63. The van der Waals surface area contributed by atoms with E-state index in [4.69, 9.17) is 17.0 Å². The van der Waals surface area contributed by atoms with Crippen molar-refractivity contribution in [2.45, 2.75) is 52.6 Å². The molecule has 0 heterocycles. The standard InChI is InChI=1S/2C28H23.C2H6Si.2ClH.Zr/c2*1-2-9-20-18-22-12-8-17-27(28(22)19-20)26-15-6-5-14-25(26)24-16-7-11-21-10-3-4-13-23(21)24;1-3-2;;;/h2*3-8,10-19H,2,9H2,1H3;1-2H3;2*1H;/q2*-1;;;;+4/p-2. The average Bonchev–Trinajstić information content (AvgIpc) is 3.93. The zero-order valence-corrected chi connectivity index (χ0v) is 41.0. The second-order valence-electron chi connectivity index (χ2n) is 15.6. The molecular formula is C58H52Cl2SiZr. The van der Waals surface area contributed by atoms with Gasteiger partial charge in [-0.1, -0.05) is 197 Å². The molecule has 0 fully saturated rings. The summed E-state index contributed by atoms with van der Waals surface area (Å²) in [7, 11) is 11.0. The van der Waals surface area contributed by atoms with E-state index in [1.54, 1.807) is 0 Å². The SMILES string of the molecule is CCCc1cc2c(-c3ccccc3-c3cccc4ccccc34)cccc2[cH-]1.CCCc1cc2c(-c3ccccc3-c3cccc4ccccc34)cccc2[cH-]1.C[Si]C.[Cl][Zr+2][Cl]. The first-order valence-electron chi connectivity index (χ1n) is 21.6. The molecule has 10 rings (SSSR count). The fraction of sp³-hybridized carbons (Fsp3) is 0.138. The molecule has 0 saturated carbocycles. The maximum absolute atomic E-state index is 4.93. The van der Waals surface area contributed by atoms with Crippen LogP contribution in [0.5, 0.6) is 0 Å². The van der Waals surface area contributed by atoms with Crippen LogP contribution >= 0.6 is 17.0 Å². The van der Waals surface area contributed by atoms with Crippen LogP contribution in [-0.2, 0) is 33.7 Å². The fourth-order valence-corrected chi connectivity index (χ4v) is 8.76. The molecule has 306 valence electrons. The summed E-state index contributed by atoms with van der Waals surface area (Å²) >= 11 is -0.826. The van der Waals surface area contributed by atoms with Gasteiger partial charge in [-0.3, -0.25) is 0 Å². The van der Waals surface area contributed by atoms with Crippen LogP contribution in [-0.4, -0.2) is 9.52 Å². The quantitative estimate of drug-likeness (QED) is 0.105. The van der Waals surface area contributed by atoms with E-state index in [1.807, 2.05) is 0 Å². The molecule has 0 bridgehead atoms. The Balaban J connectivity index is 0.000000166. The first-order chi connectivity index (χ1) is 30.5. The molecule has 62 heavy (non-hydrogen) atoms. The van der Waals surface area contributed by atoms with Crippen molar-refractivity contribution in [2.24, 2.45) is 0 Å². The van der Waals surface area contributed by atoms with Crippen molar-refractivity contribution >= 4 is 69.6 Å². The van der Waals surface area contributed by atoms with Gasteiger partial charge in [0, 0.05) is 9.52 Å². The van der Waals surface area contributed by atoms with Crippen LogP contribution in [0, 0.1) is 0 Å². The van der Waals surface area contributed by atoms with Crippen molar-refractivity contribution < 1.29 is 20.8 Å². The van der Waals surface area contributed by atoms with Gasteiger partial charge in [0.25, 0.3) is 0 Å². The number of benzene rings is 8. The van der Waals surface area contributed by atoms with Gasteiger partial charge in [-0.15, -0.1) is 69.1 Å². The van der Waals surface area contributed by atoms with Crippen molar-refractivity contribution in [3.05, 3.63) is 205 Å². The van der Waals surface area contributed by atoms with E-state index in [0.717, 1.165) is 22.4 Å². The molecule has 4 heteroatoms. The summed E-state index contributed by atoms with van der Waals surface area (Å²) in [6, 6.07) is 71.0. The molecule has 0 spiro atoms. The number of aryl methyl sites for hydroxylation is 2. The van der Waals surface area contributed by atoms with Crippen molar-refractivity contribution in [1.82, 2.24) is 0 Å². The Kier molecular flexibility index (Phi) is 16.4. The molecule has 0 aliphatic heterocycles. The van der Waals surface area contributed by atoms with Crippen molar-refractivity contribution in [1.29, 1.82) is 0 Å². The van der Waals surface area contributed by atoms with Gasteiger partial charge in [0.05, 0.1) is 0 Å². The van der Waals surface area contributed by atoms with Crippen LogP contribution < -0.4 is 0 Å². The minimum absolute atomic E-state index is 0.826. The van der Waals surface area contributed by atoms with Gasteiger partial charge in [-0.2, -0.15) is 12.1 Å². The summed E-state index contributed by atoms with van der Waals surface area (Å²) in [6.45, 7) is 8.79. The molecule has 2 radical (unpaired) electrons. The Bertz CT molecular complexity index is 2790. The molecule has 0 atom stereocenters. The summed E-state index contributed by atoms with van der Waals surface area (Å²) in [4.78, 5) is 0. The fourth-order valence-electron chi connectivity index (χ4n) is 8.76. The van der Waals surface area contributed by atoms with Crippen LogP contribution in [0.25, 0.3) is 87.6 Å². The molecule has 10 aromatic rings. The Hall–Kier alpha value is -4.82. The van der Waals surface area contributed by atoms with Gasteiger partial charge in [-0.05, 0) is 67.8 Å².